The second kappa shape index (κ2) is 9.29. The maximum atomic E-state index is 13.2. The smallest absolute Gasteiger partial charge is 0.226 e. The second-order valence-corrected chi connectivity index (χ2v) is 6.25. The Hall–Kier alpha value is -2.47. The van der Waals surface area contributed by atoms with E-state index < -0.39 is 11.6 Å². The van der Waals surface area contributed by atoms with Crippen LogP contribution >= 0.6 is 11.6 Å². The predicted molar refractivity (Wildman–Crippen MR) is 97.0 cm³/mol. The summed E-state index contributed by atoms with van der Waals surface area (Å²) >= 11 is 5.94. The minimum Gasteiger partial charge on any atom is -0.342 e. The highest BCUT2D eigenvalue weighted by molar-refractivity contribution is 6.30. The molecule has 0 radical (unpaired) electrons. The van der Waals surface area contributed by atoms with Gasteiger partial charge >= 0.3 is 0 Å². The van der Waals surface area contributed by atoms with Crippen molar-refractivity contribution in [2.75, 3.05) is 18.4 Å². The number of amides is 2. The Balaban J connectivity index is 1.86. The molecule has 0 aliphatic heterocycles. The van der Waals surface area contributed by atoms with Crippen molar-refractivity contribution >= 4 is 29.1 Å². The normalized spacial score (nSPS) is 10.5. The molecule has 0 bridgehead atoms. The highest BCUT2D eigenvalue weighted by Gasteiger charge is 2.12. The molecule has 0 aromatic heterocycles. The van der Waals surface area contributed by atoms with Crippen LogP contribution in [-0.4, -0.2) is 29.8 Å². The molecule has 26 heavy (non-hydrogen) atoms. The molecule has 1 N–H and O–H groups in total. The molecule has 0 saturated heterocycles. The van der Waals surface area contributed by atoms with E-state index in [1.807, 2.05) is 18.2 Å². The number of nitrogens with zero attached hydrogens (tertiary/aromatic N) is 1. The van der Waals surface area contributed by atoms with Gasteiger partial charge in [-0.05, 0) is 36.2 Å². The molecule has 0 aliphatic rings. The maximum Gasteiger partial charge on any atom is 0.226 e. The molecular formula is C19H19ClF2N2O2. The van der Waals surface area contributed by atoms with Gasteiger partial charge in [-0.1, -0.05) is 23.7 Å². The van der Waals surface area contributed by atoms with Crippen molar-refractivity contribution in [1.82, 2.24) is 4.90 Å². The number of nitrogens with one attached hydrogen (secondary N) is 1. The third-order valence-electron chi connectivity index (χ3n) is 3.82. The largest absolute Gasteiger partial charge is 0.342 e. The first-order valence-corrected chi connectivity index (χ1v) is 8.48. The van der Waals surface area contributed by atoms with E-state index in [-0.39, 0.29) is 30.5 Å². The monoisotopic (exact) mass is 380 g/mol. The number of hydrogen-bond acceptors (Lipinski definition) is 2. The van der Waals surface area contributed by atoms with Gasteiger partial charge in [0.1, 0.15) is 0 Å². The molecule has 0 unspecified atom stereocenters. The van der Waals surface area contributed by atoms with E-state index >= 15 is 0 Å². The number of benzene rings is 2. The van der Waals surface area contributed by atoms with Crippen molar-refractivity contribution < 1.29 is 18.4 Å². The van der Waals surface area contributed by atoms with Crippen LogP contribution < -0.4 is 5.32 Å². The van der Waals surface area contributed by atoms with Crippen LogP contribution in [0.15, 0.2) is 42.5 Å². The summed E-state index contributed by atoms with van der Waals surface area (Å²) in [6.45, 7) is 2.12. The van der Waals surface area contributed by atoms with Crippen molar-refractivity contribution in [2.24, 2.45) is 0 Å². The fourth-order valence-electron chi connectivity index (χ4n) is 2.42. The van der Waals surface area contributed by atoms with E-state index in [0.717, 1.165) is 17.7 Å². The molecule has 0 fully saturated rings. The van der Waals surface area contributed by atoms with Gasteiger partial charge in [0.25, 0.3) is 0 Å². The van der Waals surface area contributed by atoms with Crippen molar-refractivity contribution in [3.63, 3.8) is 0 Å². The van der Waals surface area contributed by atoms with Crippen molar-refractivity contribution in [1.29, 1.82) is 0 Å². The summed E-state index contributed by atoms with van der Waals surface area (Å²) in [5.41, 5.74) is 1.16. The van der Waals surface area contributed by atoms with Gasteiger partial charge in [-0.15, -0.1) is 0 Å². The highest BCUT2D eigenvalue weighted by atomic mass is 35.5. The molecule has 0 saturated carbocycles. The van der Waals surface area contributed by atoms with Crippen LogP contribution in [0.5, 0.6) is 0 Å². The quantitative estimate of drug-likeness (QED) is 0.788. The van der Waals surface area contributed by atoms with Crippen molar-refractivity contribution in [3.8, 4) is 0 Å². The molecule has 2 aromatic carbocycles. The van der Waals surface area contributed by atoms with Crippen LogP contribution in [0, 0.1) is 11.6 Å². The number of rotatable bonds is 7. The minimum atomic E-state index is -1.03. The van der Waals surface area contributed by atoms with Gasteiger partial charge in [0.15, 0.2) is 11.6 Å². The standard InChI is InChI=1S/C19H19ClF2N2O2/c1-13(25)24(9-7-14-3-2-4-15(20)11-14)10-8-19(26)23-16-5-6-17(21)18(22)12-16/h2-6,11-12H,7-10H2,1H3,(H,23,26). The number of halogens is 3. The third-order valence-corrected chi connectivity index (χ3v) is 4.05. The van der Waals surface area contributed by atoms with Gasteiger partial charge in [-0.2, -0.15) is 0 Å². The summed E-state index contributed by atoms with van der Waals surface area (Å²) in [6, 6.07) is 10.5. The lowest BCUT2D eigenvalue weighted by Crippen LogP contribution is -2.33. The number of carbonyl (C=O) groups is 2. The first-order chi connectivity index (χ1) is 12.3. The zero-order valence-corrected chi connectivity index (χ0v) is 15.0. The number of hydrogen-bond donors (Lipinski definition) is 1. The molecule has 4 nitrogen and oxygen atoms in total. The van der Waals surface area contributed by atoms with Crippen molar-refractivity contribution in [2.45, 2.75) is 19.8 Å². The molecule has 2 amide bonds. The molecular weight excluding hydrogens is 362 g/mol. The summed E-state index contributed by atoms with van der Waals surface area (Å²) in [5.74, 6) is -2.54. The van der Waals surface area contributed by atoms with E-state index in [9.17, 15) is 18.4 Å². The van der Waals surface area contributed by atoms with Gasteiger partial charge in [-0.3, -0.25) is 9.59 Å². The highest BCUT2D eigenvalue weighted by Crippen LogP contribution is 2.14. The minimum absolute atomic E-state index is 0.0497. The van der Waals surface area contributed by atoms with Crippen LogP contribution in [0.25, 0.3) is 0 Å². The van der Waals surface area contributed by atoms with E-state index in [0.29, 0.717) is 18.0 Å². The summed E-state index contributed by atoms with van der Waals surface area (Å²) in [7, 11) is 0. The molecule has 0 spiro atoms. The third kappa shape index (κ3) is 6.11. The second-order valence-electron chi connectivity index (χ2n) is 5.81. The van der Waals surface area contributed by atoms with E-state index in [1.165, 1.54) is 13.0 Å². The molecule has 0 atom stereocenters. The zero-order valence-electron chi connectivity index (χ0n) is 14.3. The Kier molecular flexibility index (Phi) is 7.09. The topological polar surface area (TPSA) is 49.4 Å². The molecule has 0 aliphatic carbocycles. The fourth-order valence-corrected chi connectivity index (χ4v) is 2.63. The summed E-state index contributed by atoms with van der Waals surface area (Å²) in [6.07, 6.45) is 0.666. The lowest BCUT2D eigenvalue weighted by Gasteiger charge is -2.21. The van der Waals surface area contributed by atoms with Gasteiger partial charge in [0, 0.05) is 43.2 Å². The van der Waals surface area contributed by atoms with Gasteiger partial charge in [0.2, 0.25) is 11.8 Å². The Morgan fingerprint density at radius 2 is 1.85 bits per heavy atom. The Morgan fingerprint density at radius 1 is 1.08 bits per heavy atom. The summed E-state index contributed by atoms with van der Waals surface area (Å²) in [4.78, 5) is 25.3. The fraction of sp³-hybridized carbons (Fsp3) is 0.263. The van der Waals surface area contributed by atoms with Gasteiger partial charge < -0.3 is 10.2 Å². The molecule has 138 valence electrons. The Bertz CT molecular complexity index is 799. The van der Waals surface area contributed by atoms with Crippen LogP contribution in [0.4, 0.5) is 14.5 Å². The SMILES string of the molecule is CC(=O)N(CCC(=O)Nc1ccc(F)c(F)c1)CCc1cccc(Cl)c1. The molecule has 7 heteroatoms. The van der Waals surface area contributed by atoms with E-state index in [2.05, 4.69) is 5.32 Å². The average molecular weight is 381 g/mol. The lowest BCUT2D eigenvalue weighted by atomic mass is 10.1. The number of carbonyl (C=O) groups excluding carboxylic acids is 2. The van der Waals surface area contributed by atoms with Gasteiger partial charge in [0.05, 0.1) is 0 Å². The van der Waals surface area contributed by atoms with Crippen LogP contribution in [0.1, 0.15) is 18.9 Å². The maximum absolute atomic E-state index is 13.2. The Morgan fingerprint density at radius 3 is 2.50 bits per heavy atom. The van der Waals surface area contributed by atoms with Crippen LogP contribution in [0.3, 0.4) is 0 Å². The predicted octanol–water partition coefficient (Wildman–Crippen LogP) is 4.04. The average Bonchev–Trinajstić information content (AvgIpc) is 2.58. The summed E-state index contributed by atoms with van der Waals surface area (Å²) < 4.78 is 26.0. The summed E-state index contributed by atoms with van der Waals surface area (Å²) in [5, 5.41) is 3.11. The molecule has 0 heterocycles. The molecule has 2 rings (SSSR count). The van der Waals surface area contributed by atoms with E-state index in [1.54, 1.807) is 11.0 Å². The zero-order chi connectivity index (χ0) is 19.1. The van der Waals surface area contributed by atoms with Crippen LogP contribution in [-0.2, 0) is 16.0 Å². The Labute approximate surface area is 155 Å². The first-order valence-electron chi connectivity index (χ1n) is 8.10. The van der Waals surface area contributed by atoms with Crippen molar-refractivity contribution in [3.05, 3.63) is 64.7 Å². The number of anilines is 1. The van der Waals surface area contributed by atoms with Gasteiger partial charge in [-0.25, -0.2) is 8.78 Å². The lowest BCUT2D eigenvalue weighted by molar-refractivity contribution is -0.129. The first kappa shape index (κ1) is 19.8. The van der Waals surface area contributed by atoms with E-state index in [4.69, 9.17) is 11.6 Å². The van der Waals surface area contributed by atoms with Crippen LogP contribution in [0.2, 0.25) is 5.02 Å². The molecule has 2 aromatic rings.